The van der Waals surface area contributed by atoms with Gasteiger partial charge in [0.25, 0.3) is 0 Å². The fraction of sp³-hybridized carbons (Fsp3) is 0.273. The lowest BCUT2D eigenvalue weighted by Gasteiger charge is -2.21. The van der Waals surface area contributed by atoms with Gasteiger partial charge in [0.1, 0.15) is 6.33 Å². The number of rotatable bonds is 1. The van der Waals surface area contributed by atoms with Gasteiger partial charge in [-0.15, -0.1) is 10.2 Å². The van der Waals surface area contributed by atoms with Gasteiger partial charge in [-0.05, 0) is 12.5 Å². The molecular weight excluding hydrogens is 234 g/mol. The van der Waals surface area contributed by atoms with Crippen LogP contribution in [-0.2, 0) is 9.59 Å². The lowest BCUT2D eigenvalue weighted by Crippen LogP contribution is -2.39. The van der Waals surface area contributed by atoms with Gasteiger partial charge in [-0.2, -0.15) is 0 Å². The molecule has 92 valence electrons. The fourth-order valence-electron chi connectivity index (χ4n) is 2.23. The van der Waals surface area contributed by atoms with Crippen molar-refractivity contribution in [2.75, 3.05) is 5.73 Å². The monoisotopic (exact) mass is 245 g/mol. The van der Waals surface area contributed by atoms with Crippen molar-refractivity contribution in [3.05, 3.63) is 24.2 Å². The summed E-state index contributed by atoms with van der Waals surface area (Å²) in [6.07, 6.45) is 4.01. The number of fused-ring (bicyclic) bond motifs is 1. The molecule has 1 atom stereocenters. The van der Waals surface area contributed by atoms with E-state index in [1.54, 1.807) is 16.7 Å². The predicted octanol–water partition coefficient (Wildman–Crippen LogP) is -0.168. The first-order valence-electron chi connectivity index (χ1n) is 5.57. The molecule has 0 spiro atoms. The molecule has 7 heteroatoms. The van der Waals surface area contributed by atoms with Crippen LogP contribution in [0.15, 0.2) is 18.6 Å². The number of anilines is 1. The highest BCUT2D eigenvalue weighted by molar-refractivity contribution is 6.01. The van der Waals surface area contributed by atoms with Crippen LogP contribution in [0.3, 0.4) is 0 Å². The van der Waals surface area contributed by atoms with E-state index < -0.39 is 5.92 Å². The number of piperidine rings is 1. The van der Waals surface area contributed by atoms with Crippen molar-refractivity contribution in [2.24, 2.45) is 0 Å². The molecule has 1 unspecified atom stereocenters. The van der Waals surface area contributed by atoms with E-state index in [1.165, 1.54) is 6.33 Å². The Morgan fingerprint density at radius 3 is 3.06 bits per heavy atom. The zero-order chi connectivity index (χ0) is 12.7. The van der Waals surface area contributed by atoms with Crippen molar-refractivity contribution in [3.63, 3.8) is 0 Å². The molecule has 3 rings (SSSR count). The quantitative estimate of drug-likeness (QED) is 0.679. The molecule has 2 aromatic rings. The van der Waals surface area contributed by atoms with Crippen LogP contribution in [0.5, 0.6) is 0 Å². The number of nitrogens with two attached hydrogens (primary N) is 1. The van der Waals surface area contributed by atoms with E-state index in [-0.39, 0.29) is 11.8 Å². The second kappa shape index (κ2) is 3.80. The van der Waals surface area contributed by atoms with E-state index in [2.05, 4.69) is 15.5 Å². The van der Waals surface area contributed by atoms with E-state index in [1.807, 2.05) is 0 Å². The van der Waals surface area contributed by atoms with Gasteiger partial charge in [-0.1, -0.05) is 0 Å². The maximum atomic E-state index is 11.9. The Morgan fingerprint density at radius 1 is 1.44 bits per heavy atom. The Bertz CT molecular complexity index is 648. The SMILES string of the molecule is Nc1cc(C2CCC(=O)NC2=O)c2nncn2c1. The van der Waals surface area contributed by atoms with Gasteiger partial charge < -0.3 is 5.73 Å². The lowest BCUT2D eigenvalue weighted by molar-refractivity contribution is -0.134. The van der Waals surface area contributed by atoms with E-state index >= 15 is 0 Å². The summed E-state index contributed by atoms with van der Waals surface area (Å²) in [5.41, 5.74) is 7.62. The van der Waals surface area contributed by atoms with Crippen LogP contribution in [0.4, 0.5) is 5.69 Å². The molecule has 0 aromatic carbocycles. The van der Waals surface area contributed by atoms with Crippen LogP contribution < -0.4 is 11.1 Å². The molecule has 0 aliphatic carbocycles. The highest BCUT2D eigenvalue weighted by Crippen LogP contribution is 2.28. The molecule has 0 saturated carbocycles. The third kappa shape index (κ3) is 1.60. The van der Waals surface area contributed by atoms with Crippen LogP contribution in [0.1, 0.15) is 24.3 Å². The Hall–Kier alpha value is -2.44. The first-order valence-corrected chi connectivity index (χ1v) is 5.57. The molecule has 0 bridgehead atoms. The van der Waals surface area contributed by atoms with Crippen LogP contribution >= 0.6 is 0 Å². The normalized spacial score (nSPS) is 20.1. The van der Waals surface area contributed by atoms with E-state index in [4.69, 9.17) is 5.73 Å². The maximum absolute atomic E-state index is 11.9. The molecule has 0 radical (unpaired) electrons. The fourth-order valence-corrected chi connectivity index (χ4v) is 2.23. The smallest absolute Gasteiger partial charge is 0.234 e. The molecule has 2 amide bonds. The summed E-state index contributed by atoms with van der Waals surface area (Å²) in [5.74, 6) is -0.947. The van der Waals surface area contributed by atoms with Gasteiger partial charge in [0.05, 0.1) is 5.92 Å². The number of carbonyl (C=O) groups is 2. The van der Waals surface area contributed by atoms with Crippen molar-refractivity contribution in [3.8, 4) is 0 Å². The molecule has 1 saturated heterocycles. The largest absolute Gasteiger partial charge is 0.398 e. The molecular formula is C11H11N5O2. The molecule has 1 aliphatic heterocycles. The number of hydrogen-bond donors (Lipinski definition) is 2. The summed E-state index contributed by atoms with van der Waals surface area (Å²) in [4.78, 5) is 23.0. The second-order valence-electron chi connectivity index (χ2n) is 4.29. The molecule has 3 N–H and O–H groups in total. The topological polar surface area (TPSA) is 102 Å². The Labute approximate surface area is 102 Å². The van der Waals surface area contributed by atoms with Gasteiger partial charge >= 0.3 is 0 Å². The van der Waals surface area contributed by atoms with Crippen molar-refractivity contribution < 1.29 is 9.59 Å². The van der Waals surface area contributed by atoms with Crippen LogP contribution in [0.2, 0.25) is 0 Å². The van der Waals surface area contributed by atoms with Crippen LogP contribution in [0, 0.1) is 0 Å². The summed E-state index contributed by atoms with van der Waals surface area (Å²) in [5, 5.41) is 10.1. The van der Waals surface area contributed by atoms with Gasteiger partial charge in [-0.25, -0.2) is 0 Å². The maximum Gasteiger partial charge on any atom is 0.234 e. The van der Waals surface area contributed by atoms with Gasteiger partial charge in [0.15, 0.2) is 5.65 Å². The average molecular weight is 245 g/mol. The minimum atomic E-state index is -0.405. The minimum Gasteiger partial charge on any atom is -0.398 e. The summed E-state index contributed by atoms with van der Waals surface area (Å²) in [7, 11) is 0. The number of carbonyl (C=O) groups excluding carboxylic acids is 2. The third-order valence-corrected chi connectivity index (χ3v) is 3.06. The highest BCUT2D eigenvalue weighted by atomic mass is 16.2. The number of imide groups is 1. The Kier molecular flexibility index (Phi) is 2.26. The van der Waals surface area contributed by atoms with E-state index in [0.717, 1.165) is 0 Å². The summed E-state index contributed by atoms with van der Waals surface area (Å²) in [6, 6.07) is 1.71. The summed E-state index contributed by atoms with van der Waals surface area (Å²) < 4.78 is 1.67. The predicted molar refractivity (Wildman–Crippen MR) is 62.5 cm³/mol. The van der Waals surface area contributed by atoms with Crippen molar-refractivity contribution in [2.45, 2.75) is 18.8 Å². The Morgan fingerprint density at radius 2 is 2.28 bits per heavy atom. The molecule has 7 nitrogen and oxygen atoms in total. The number of hydrogen-bond acceptors (Lipinski definition) is 5. The molecule has 1 fully saturated rings. The Balaban J connectivity index is 2.11. The number of amides is 2. The number of aromatic nitrogens is 3. The lowest BCUT2D eigenvalue weighted by atomic mass is 9.91. The number of nitrogens with one attached hydrogen (secondary N) is 1. The van der Waals surface area contributed by atoms with Gasteiger partial charge in [0.2, 0.25) is 11.8 Å². The zero-order valence-electron chi connectivity index (χ0n) is 9.46. The zero-order valence-corrected chi connectivity index (χ0v) is 9.46. The van der Waals surface area contributed by atoms with Crippen LogP contribution in [-0.4, -0.2) is 26.4 Å². The standard InChI is InChI=1S/C11H11N5O2/c12-6-3-8(10-15-13-5-16(10)4-6)7-1-2-9(17)14-11(7)18/h3-5,7H,1-2,12H2,(H,14,17,18). The highest BCUT2D eigenvalue weighted by Gasteiger charge is 2.30. The first kappa shape index (κ1) is 10.7. The van der Waals surface area contributed by atoms with E-state index in [9.17, 15) is 9.59 Å². The summed E-state index contributed by atoms with van der Waals surface area (Å²) in [6.45, 7) is 0. The average Bonchev–Trinajstić information content (AvgIpc) is 2.76. The van der Waals surface area contributed by atoms with E-state index in [0.29, 0.717) is 29.7 Å². The first-order chi connectivity index (χ1) is 8.65. The number of nitrogen functional groups attached to an aromatic ring is 1. The molecule has 2 aromatic heterocycles. The van der Waals surface area contributed by atoms with Crippen molar-refractivity contribution >= 4 is 23.1 Å². The number of nitrogens with zero attached hydrogens (tertiary/aromatic N) is 3. The summed E-state index contributed by atoms with van der Waals surface area (Å²) >= 11 is 0. The van der Waals surface area contributed by atoms with Crippen molar-refractivity contribution in [1.82, 2.24) is 19.9 Å². The van der Waals surface area contributed by atoms with Gasteiger partial charge in [0, 0.05) is 23.9 Å². The third-order valence-electron chi connectivity index (χ3n) is 3.06. The number of pyridine rings is 1. The van der Waals surface area contributed by atoms with Crippen molar-refractivity contribution in [1.29, 1.82) is 0 Å². The molecule has 18 heavy (non-hydrogen) atoms. The molecule has 1 aliphatic rings. The van der Waals surface area contributed by atoms with Crippen LogP contribution in [0.25, 0.3) is 5.65 Å². The molecule has 3 heterocycles. The van der Waals surface area contributed by atoms with Gasteiger partial charge in [-0.3, -0.25) is 19.3 Å². The minimum absolute atomic E-state index is 0.238. The second-order valence-corrected chi connectivity index (χ2v) is 4.29.